The zero-order chi connectivity index (χ0) is 18.7. The standard InChI is InChI=1S/C17H19F3N2O4/c18-17(19,20)11-2-1-3-12(7-11)22-15(23)8-21-16(24)10-4-5-13-14(6-10)26-9-25-13/h4-6,11-12H,1-3,7-9H2,(H,21,24)(H,22,23)/t11-,12-/m1/s1. The summed E-state index contributed by atoms with van der Waals surface area (Å²) in [6.45, 7) is -0.219. The number of hydrogen-bond donors (Lipinski definition) is 2. The fourth-order valence-corrected chi connectivity index (χ4v) is 3.20. The van der Waals surface area contributed by atoms with Crippen LogP contribution in [0.1, 0.15) is 36.0 Å². The van der Waals surface area contributed by atoms with Crippen molar-refractivity contribution in [3.63, 3.8) is 0 Å². The summed E-state index contributed by atoms with van der Waals surface area (Å²) in [7, 11) is 0. The number of ether oxygens (including phenoxy) is 2. The second-order valence-electron chi connectivity index (χ2n) is 6.42. The molecule has 3 rings (SSSR count). The predicted molar refractivity (Wildman–Crippen MR) is 84.8 cm³/mol. The fourth-order valence-electron chi connectivity index (χ4n) is 3.20. The molecule has 9 heteroatoms. The van der Waals surface area contributed by atoms with Crippen molar-refractivity contribution in [2.45, 2.75) is 37.9 Å². The Morgan fingerprint density at radius 2 is 1.92 bits per heavy atom. The molecule has 0 unspecified atom stereocenters. The van der Waals surface area contributed by atoms with Gasteiger partial charge < -0.3 is 20.1 Å². The number of halogens is 3. The molecule has 0 bridgehead atoms. The van der Waals surface area contributed by atoms with Crippen LogP contribution in [0, 0.1) is 5.92 Å². The molecule has 6 nitrogen and oxygen atoms in total. The Morgan fingerprint density at radius 1 is 1.15 bits per heavy atom. The number of carbonyl (C=O) groups excluding carboxylic acids is 2. The van der Waals surface area contributed by atoms with E-state index in [4.69, 9.17) is 9.47 Å². The van der Waals surface area contributed by atoms with Crippen molar-refractivity contribution in [1.82, 2.24) is 10.6 Å². The van der Waals surface area contributed by atoms with Gasteiger partial charge in [-0.15, -0.1) is 0 Å². The van der Waals surface area contributed by atoms with Crippen molar-refractivity contribution in [3.8, 4) is 11.5 Å². The van der Waals surface area contributed by atoms with Crippen LogP contribution in [0.3, 0.4) is 0 Å². The SMILES string of the molecule is O=C(CNC(=O)c1ccc2c(c1)OCO2)N[C@@H]1CCC[C@@H](C(F)(F)F)C1. The van der Waals surface area contributed by atoms with E-state index >= 15 is 0 Å². The Kier molecular flexibility index (Phi) is 5.24. The number of nitrogens with one attached hydrogen (secondary N) is 2. The third kappa shape index (κ3) is 4.39. The fraction of sp³-hybridized carbons (Fsp3) is 0.529. The van der Waals surface area contributed by atoms with Crippen molar-refractivity contribution in [3.05, 3.63) is 23.8 Å². The minimum atomic E-state index is -4.24. The quantitative estimate of drug-likeness (QED) is 0.851. The molecular weight excluding hydrogens is 353 g/mol. The molecule has 0 radical (unpaired) electrons. The molecule has 1 aliphatic heterocycles. The molecular formula is C17H19F3N2O4. The normalized spacial score (nSPS) is 22.0. The molecule has 1 heterocycles. The van der Waals surface area contributed by atoms with Crippen LogP contribution >= 0.6 is 0 Å². The molecule has 0 saturated heterocycles. The molecule has 1 aliphatic carbocycles. The lowest BCUT2D eigenvalue weighted by molar-refractivity contribution is -0.184. The molecule has 1 aromatic rings. The van der Waals surface area contributed by atoms with Gasteiger partial charge in [0, 0.05) is 11.6 Å². The van der Waals surface area contributed by atoms with Gasteiger partial charge >= 0.3 is 6.18 Å². The molecule has 2 aliphatic rings. The molecule has 0 spiro atoms. The Morgan fingerprint density at radius 3 is 2.69 bits per heavy atom. The summed E-state index contributed by atoms with van der Waals surface area (Å²) in [5.74, 6) is -1.38. The van der Waals surface area contributed by atoms with E-state index < -0.39 is 30.0 Å². The summed E-state index contributed by atoms with van der Waals surface area (Å²) in [5, 5.41) is 5.02. The van der Waals surface area contributed by atoms with Crippen LogP contribution < -0.4 is 20.1 Å². The van der Waals surface area contributed by atoms with E-state index in [2.05, 4.69) is 10.6 Å². The van der Waals surface area contributed by atoms with E-state index in [0.717, 1.165) is 0 Å². The van der Waals surface area contributed by atoms with Crippen molar-refractivity contribution >= 4 is 11.8 Å². The first-order valence-electron chi connectivity index (χ1n) is 8.37. The topological polar surface area (TPSA) is 76.7 Å². The van der Waals surface area contributed by atoms with Gasteiger partial charge in [-0.1, -0.05) is 6.42 Å². The lowest BCUT2D eigenvalue weighted by Crippen LogP contribution is -2.45. The lowest BCUT2D eigenvalue weighted by atomic mass is 9.85. The monoisotopic (exact) mass is 372 g/mol. The summed E-state index contributed by atoms with van der Waals surface area (Å²) < 4.78 is 48.7. The molecule has 1 saturated carbocycles. The van der Waals surface area contributed by atoms with Crippen molar-refractivity contribution in [2.75, 3.05) is 13.3 Å². The van der Waals surface area contributed by atoms with Crippen LogP contribution in [-0.2, 0) is 4.79 Å². The van der Waals surface area contributed by atoms with Gasteiger partial charge in [-0.3, -0.25) is 9.59 Å². The molecule has 1 aromatic carbocycles. The largest absolute Gasteiger partial charge is 0.454 e. The first kappa shape index (κ1) is 18.3. The minimum Gasteiger partial charge on any atom is -0.454 e. The Hall–Kier alpha value is -2.45. The number of fused-ring (bicyclic) bond motifs is 1. The Bertz CT molecular complexity index is 693. The average molecular weight is 372 g/mol. The van der Waals surface area contributed by atoms with Crippen LogP contribution in [-0.4, -0.2) is 37.4 Å². The van der Waals surface area contributed by atoms with E-state index in [-0.39, 0.29) is 26.2 Å². The maximum absolute atomic E-state index is 12.8. The summed E-state index contributed by atoms with van der Waals surface area (Å²) in [5.41, 5.74) is 0.303. The van der Waals surface area contributed by atoms with Gasteiger partial charge in [-0.2, -0.15) is 13.2 Å². The number of hydrogen-bond acceptors (Lipinski definition) is 4. The van der Waals surface area contributed by atoms with Crippen molar-refractivity contribution in [2.24, 2.45) is 5.92 Å². The van der Waals surface area contributed by atoms with Gasteiger partial charge in [0.05, 0.1) is 12.5 Å². The minimum absolute atomic E-state index is 0.0864. The van der Waals surface area contributed by atoms with Gasteiger partial charge in [-0.25, -0.2) is 0 Å². The van der Waals surface area contributed by atoms with Crippen LogP contribution in [0.4, 0.5) is 13.2 Å². The van der Waals surface area contributed by atoms with Crippen LogP contribution in [0.15, 0.2) is 18.2 Å². The van der Waals surface area contributed by atoms with Gasteiger partial charge in [0.2, 0.25) is 12.7 Å². The van der Waals surface area contributed by atoms with Crippen LogP contribution in [0.5, 0.6) is 11.5 Å². The zero-order valence-electron chi connectivity index (χ0n) is 13.9. The number of carbonyl (C=O) groups is 2. The van der Waals surface area contributed by atoms with Gasteiger partial charge in [0.1, 0.15) is 0 Å². The molecule has 142 valence electrons. The molecule has 2 atom stereocenters. The first-order valence-corrected chi connectivity index (χ1v) is 8.37. The molecule has 2 N–H and O–H groups in total. The predicted octanol–water partition coefficient (Wildman–Crippen LogP) is 2.38. The summed E-state index contributed by atoms with van der Waals surface area (Å²) >= 11 is 0. The number of benzene rings is 1. The maximum Gasteiger partial charge on any atom is 0.391 e. The Balaban J connectivity index is 1.47. The second kappa shape index (κ2) is 7.43. The average Bonchev–Trinajstić information content (AvgIpc) is 3.07. The van der Waals surface area contributed by atoms with Gasteiger partial charge in [0.15, 0.2) is 11.5 Å². The van der Waals surface area contributed by atoms with Crippen molar-refractivity contribution in [1.29, 1.82) is 0 Å². The van der Waals surface area contributed by atoms with E-state index in [1.54, 1.807) is 6.07 Å². The molecule has 0 aromatic heterocycles. The van der Waals surface area contributed by atoms with Gasteiger partial charge in [-0.05, 0) is 37.5 Å². The van der Waals surface area contributed by atoms with Crippen molar-refractivity contribution < 1.29 is 32.2 Å². The van der Waals surface area contributed by atoms with Crippen LogP contribution in [0.2, 0.25) is 0 Å². The third-order valence-electron chi connectivity index (χ3n) is 4.55. The van der Waals surface area contributed by atoms with E-state index in [1.165, 1.54) is 12.1 Å². The summed E-state index contributed by atoms with van der Waals surface area (Å²) in [6, 6.07) is 4.11. The highest BCUT2D eigenvalue weighted by atomic mass is 19.4. The smallest absolute Gasteiger partial charge is 0.391 e. The highest BCUT2D eigenvalue weighted by Gasteiger charge is 2.42. The highest BCUT2D eigenvalue weighted by Crippen LogP contribution is 2.37. The van der Waals surface area contributed by atoms with Gasteiger partial charge in [0.25, 0.3) is 5.91 Å². The lowest BCUT2D eigenvalue weighted by Gasteiger charge is -2.31. The number of amides is 2. The van der Waals surface area contributed by atoms with E-state index in [1.807, 2.05) is 0 Å². The summed E-state index contributed by atoms with van der Waals surface area (Å²) in [4.78, 5) is 24.0. The maximum atomic E-state index is 12.8. The molecule has 2 amide bonds. The third-order valence-corrected chi connectivity index (χ3v) is 4.55. The molecule has 1 fully saturated rings. The first-order chi connectivity index (χ1) is 12.3. The summed E-state index contributed by atoms with van der Waals surface area (Å²) in [6.07, 6.45) is -3.34. The van der Waals surface area contributed by atoms with E-state index in [9.17, 15) is 22.8 Å². The Labute approximate surface area is 148 Å². The van der Waals surface area contributed by atoms with E-state index in [0.29, 0.717) is 29.9 Å². The van der Waals surface area contributed by atoms with Crippen LogP contribution in [0.25, 0.3) is 0 Å². The number of rotatable bonds is 4. The number of alkyl halides is 3. The molecule has 26 heavy (non-hydrogen) atoms. The highest BCUT2D eigenvalue weighted by molar-refractivity contribution is 5.97. The zero-order valence-corrected chi connectivity index (χ0v) is 13.9. The second-order valence-corrected chi connectivity index (χ2v) is 6.42.